The first kappa shape index (κ1) is 13.2. The van der Waals surface area contributed by atoms with E-state index in [-0.39, 0.29) is 0 Å². The zero-order chi connectivity index (χ0) is 13.0. The number of nitrogens with one attached hydrogen (secondary N) is 1. The van der Waals surface area contributed by atoms with Gasteiger partial charge in [0.05, 0.1) is 0 Å². The summed E-state index contributed by atoms with van der Waals surface area (Å²) in [5.74, 6) is 0.331. The molecule has 1 aromatic carbocycles. The topological polar surface area (TPSA) is 35.5 Å². The minimum atomic E-state index is 0.331. The number of anilines is 1. The highest BCUT2D eigenvalue weighted by Crippen LogP contribution is 2.38. The maximum absolute atomic E-state index is 9.33. The lowest BCUT2D eigenvalue weighted by atomic mass is 9.85. The van der Waals surface area contributed by atoms with Crippen molar-refractivity contribution in [2.75, 3.05) is 32.1 Å². The van der Waals surface area contributed by atoms with Gasteiger partial charge in [-0.3, -0.25) is 0 Å². The summed E-state index contributed by atoms with van der Waals surface area (Å²) < 4.78 is 0. The Morgan fingerprint density at radius 1 is 1.22 bits per heavy atom. The largest absolute Gasteiger partial charge is 0.508 e. The summed E-state index contributed by atoms with van der Waals surface area (Å²) in [6, 6.07) is 7.48. The second kappa shape index (κ2) is 5.61. The molecule has 0 unspecified atom stereocenters. The molecule has 3 heteroatoms. The quantitative estimate of drug-likeness (QED) is 0.841. The highest BCUT2D eigenvalue weighted by molar-refractivity contribution is 5.48. The zero-order valence-corrected chi connectivity index (χ0v) is 11.4. The first-order valence-corrected chi connectivity index (χ1v) is 6.80. The summed E-state index contributed by atoms with van der Waals surface area (Å²) in [4.78, 5) is 2.31. The fourth-order valence-electron chi connectivity index (χ4n) is 3.19. The third kappa shape index (κ3) is 2.96. The molecule has 1 saturated carbocycles. The molecule has 0 aliphatic heterocycles. The number of benzene rings is 1. The van der Waals surface area contributed by atoms with Gasteiger partial charge in [-0.1, -0.05) is 12.8 Å². The van der Waals surface area contributed by atoms with E-state index in [0.29, 0.717) is 11.2 Å². The maximum Gasteiger partial charge on any atom is 0.115 e. The van der Waals surface area contributed by atoms with Gasteiger partial charge >= 0.3 is 0 Å². The lowest BCUT2D eigenvalue weighted by Gasteiger charge is -2.34. The van der Waals surface area contributed by atoms with Crippen molar-refractivity contribution in [1.82, 2.24) is 5.32 Å². The monoisotopic (exact) mass is 248 g/mol. The van der Waals surface area contributed by atoms with Crippen LogP contribution in [-0.2, 0) is 0 Å². The molecular formula is C15H24N2O. The van der Waals surface area contributed by atoms with Crippen LogP contribution in [0, 0.1) is 5.41 Å². The van der Waals surface area contributed by atoms with Gasteiger partial charge in [0, 0.05) is 31.2 Å². The summed E-state index contributed by atoms with van der Waals surface area (Å²) in [6.07, 6.45) is 5.34. The number of aromatic hydroxyl groups is 1. The second-order valence-electron chi connectivity index (χ2n) is 5.61. The summed E-state index contributed by atoms with van der Waals surface area (Å²) in [5, 5.41) is 12.7. The van der Waals surface area contributed by atoms with E-state index in [1.165, 1.54) is 31.4 Å². The predicted octanol–water partition coefficient (Wildman–Crippen LogP) is 2.61. The first-order chi connectivity index (χ1) is 8.65. The molecule has 0 bridgehead atoms. The molecule has 0 heterocycles. The Kier molecular flexibility index (Phi) is 4.12. The summed E-state index contributed by atoms with van der Waals surface area (Å²) >= 11 is 0. The molecule has 18 heavy (non-hydrogen) atoms. The Balaban J connectivity index is 2.04. The van der Waals surface area contributed by atoms with Crippen LogP contribution >= 0.6 is 0 Å². The summed E-state index contributed by atoms with van der Waals surface area (Å²) in [5.41, 5.74) is 1.59. The molecule has 0 radical (unpaired) electrons. The van der Waals surface area contributed by atoms with Crippen molar-refractivity contribution >= 4 is 5.69 Å². The minimum Gasteiger partial charge on any atom is -0.508 e. The van der Waals surface area contributed by atoms with Gasteiger partial charge in [-0.25, -0.2) is 0 Å². The van der Waals surface area contributed by atoms with E-state index in [9.17, 15) is 5.11 Å². The van der Waals surface area contributed by atoms with Gasteiger partial charge in [-0.15, -0.1) is 0 Å². The first-order valence-electron chi connectivity index (χ1n) is 6.80. The third-order valence-electron chi connectivity index (χ3n) is 4.08. The summed E-state index contributed by atoms with van der Waals surface area (Å²) in [6.45, 7) is 2.17. The van der Waals surface area contributed by atoms with Gasteiger partial charge in [0.2, 0.25) is 0 Å². The second-order valence-corrected chi connectivity index (χ2v) is 5.61. The van der Waals surface area contributed by atoms with Crippen LogP contribution in [0.3, 0.4) is 0 Å². The smallest absolute Gasteiger partial charge is 0.115 e. The molecule has 2 rings (SSSR count). The molecule has 3 nitrogen and oxygen atoms in total. The van der Waals surface area contributed by atoms with E-state index >= 15 is 0 Å². The van der Waals surface area contributed by atoms with E-state index in [2.05, 4.69) is 17.3 Å². The molecule has 0 atom stereocenters. The van der Waals surface area contributed by atoms with Gasteiger partial charge < -0.3 is 15.3 Å². The molecule has 0 spiro atoms. The predicted molar refractivity (Wildman–Crippen MR) is 76.2 cm³/mol. The molecular weight excluding hydrogens is 224 g/mol. The molecule has 1 aliphatic carbocycles. The fraction of sp³-hybridized carbons (Fsp3) is 0.600. The summed E-state index contributed by atoms with van der Waals surface area (Å²) in [7, 11) is 4.18. The Morgan fingerprint density at radius 3 is 2.39 bits per heavy atom. The molecule has 0 amide bonds. The number of rotatable bonds is 5. The van der Waals surface area contributed by atoms with E-state index in [1.54, 1.807) is 12.1 Å². The molecule has 1 aromatic rings. The average molecular weight is 248 g/mol. The van der Waals surface area contributed by atoms with Crippen LogP contribution in [0.15, 0.2) is 24.3 Å². The van der Waals surface area contributed by atoms with Crippen molar-refractivity contribution in [3.63, 3.8) is 0 Å². The van der Waals surface area contributed by atoms with Crippen molar-refractivity contribution in [2.24, 2.45) is 5.41 Å². The number of hydrogen-bond acceptors (Lipinski definition) is 3. The van der Waals surface area contributed by atoms with Crippen LogP contribution in [0.25, 0.3) is 0 Å². The Morgan fingerprint density at radius 2 is 1.83 bits per heavy atom. The van der Waals surface area contributed by atoms with Gasteiger partial charge in [-0.2, -0.15) is 0 Å². The fourth-order valence-corrected chi connectivity index (χ4v) is 3.19. The SMILES string of the molecule is CNCC1(CN(C)c2ccc(O)cc2)CCCC1. The number of phenolic OH excluding ortho intramolecular Hbond substituents is 1. The van der Waals surface area contributed by atoms with Gasteiger partial charge in [0.1, 0.15) is 5.75 Å². The standard InChI is InChI=1S/C15H24N2O/c1-16-11-15(9-3-4-10-15)12-17(2)13-5-7-14(18)8-6-13/h5-8,16,18H,3-4,9-12H2,1-2H3. The van der Waals surface area contributed by atoms with Crippen LogP contribution in [0.4, 0.5) is 5.69 Å². The van der Waals surface area contributed by atoms with Gasteiger partial charge in [0.15, 0.2) is 0 Å². The lowest BCUT2D eigenvalue weighted by molar-refractivity contribution is 0.295. The molecule has 0 aromatic heterocycles. The van der Waals surface area contributed by atoms with Crippen molar-refractivity contribution < 1.29 is 5.11 Å². The molecule has 1 fully saturated rings. The van der Waals surface area contributed by atoms with E-state index in [1.807, 2.05) is 19.2 Å². The maximum atomic E-state index is 9.33. The Bertz CT molecular complexity index is 369. The number of nitrogens with zero attached hydrogens (tertiary/aromatic N) is 1. The number of hydrogen-bond donors (Lipinski definition) is 2. The van der Waals surface area contributed by atoms with Crippen LogP contribution in [0.2, 0.25) is 0 Å². The highest BCUT2D eigenvalue weighted by atomic mass is 16.3. The van der Waals surface area contributed by atoms with Crippen molar-refractivity contribution in [2.45, 2.75) is 25.7 Å². The zero-order valence-electron chi connectivity index (χ0n) is 11.4. The molecule has 0 saturated heterocycles. The lowest BCUT2D eigenvalue weighted by Crippen LogP contribution is -2.40. The van der Waals surface area contributed by atoms with Gasteiger partial charge in [0.25, 0.3) is 0 Å². The van der Waals surface area contributed by atoms with E-state index in [4.69, 9.17) is 0 Å². The molecule has 1 aliphatic rings. The van der Waals surface area contributed by atoms with Crippen molar-refractivity contribution in [3.05, 3.63) is 24.3 Å². The third-order valence-corrected chi connectivity index (χ3v) is 4.08. The molecule has 100 valence electrons. The average Bonchev–Trinajstić information content (AvgIpc) is 2.79. The minimum absolute atomic E-state index is 0.331. The van der Waals surface area contributed by atoms with Crippen molar-refractivity contribution in [3.8, 4) is 5.75 Å². The van der Waals surface area contributed by atoms with E-state index in [0.717, 1.165) is 13.1 Å². The Hall–Kier alpha value is -1.22. The van der Waals surface area contributed by atoms with Crippen LogP contribution < -0.4 is 10.2 Å². The normalized spacial score (nSPS) is 17.9. The van der Waals surface area contributed by atoms with Crippen LogP contribution in [-0.4, -0.2) is 32.3 Å². The highest BCUT2D eigenvalue weighted by Gasteiger charge is 2.34. The number of phenols is 1. The van der Waals surface area contributed by atoms with Gasteiger partial charge in [-0.05, 0) is 44.2 Å². The van der Waals surface area contributed by atoms with Crippen LogP contribution in [0.5, 0.6) is 5.75 Å². The van der Waals surface area contributed by atoms with Crippen molar-refractivity contribution in [1.29, 1.82) is 0 Å². The molecule has 2 N–H and O–H groups in total. The Labute approximate surface area is 110 Å². The van der Waals surface area contributed by atoms with E-state index < -0.39 is 0 Å². The van der Waals surface area contributed by atoms with Crippen LogP contribution in [0.1, 0.15) is 25.7 Å².